The number of piperidine rings is 1. The first-order valence-corrected chi connectivity index (χ1v) is 8.36. The molecule has 22 heavy (non-hydrogen) atoms. The fraction of sp³-hybridized carbons (Fsp3) is 0.812. The van der Waals surface area contributed by atoms with Gasteiger partial charge in [0.25, 0.3) is 0 Å². The Kier molecular flexibility index (Phi) is 5.80. The van der Waals surface area contributed by atoms with Crippen LogP contribution in [0.2, 0.25) is 0 Å². The summed E-state index contributed by atoms with van der Waals surface area (Å²) in [5.74, 6) is -0.866. The van der Waals surface area contributed by atoms with E-state index in [-0.39, 0.29) is 30.3 Å². The number of carboxylic acids is 1. The Morgan fingerprint density at radius 3 is 2.45 bits per heavy atom. The first-order chi connectivity index (χ1) is 10.5. The van der Waals surface area contributed by atoms with Gasteiger partial charge in [-0.3, -0.25) is 14.4 Å². The van der Waals surface area contributed by atoms with Crippen molar-refractivity contribution in [2.24, 2.45) is 0 Å². The number of nitrogens with zero attached hydrogens (tertiary/aromatic N) is 2. The average molecular weight is 310 g/mol. The Morgan fingerprint density at radius 1 is 1.05 bits per heavy atom. The quantitative estimate of drug-likeness (QED) is 0.837. The van der Waals surface area contributed by atoms with Gasteiger partial charge < -0.3 is 14.9 Å². The highest BCUT2D eigenvalue weighted by molar-refractivity contribution is 5.88. The molecule has 0 bridgehead atoms. The fourth-order valence-electron chi connectivity index (χ4n) is 3.58. The van der Waals surface area contributed by atoms with E-state index < -0.39 is 5.97 Å². The summed E-state index contributed by atoms with van der Waals surface area (Å²) in [6.45, 7) is 3.22. The molecule has 2 saturated heterocycles. The van der Waals surface area contributed by atoms with Crippen molar-refractivity contribution in [1.29, 1.82) is 0 Å². The molecule has 0 aromatic carbocycles. The lowest BCUT2D eigenvalue weighted by Gasteiger charge is -2.38. The molecule has 2 heterocycles. The molecule has 6 heteroatoms. The number of amides is 2. The van der Waals surface area contributed by atoms with Gasteiger partial charge in [0.15, 0.2) is 0 Å². The minimum absolute atomic E-state index is 0.00136. The average Bonchev–Trinajstić information content (AvgIpc) is 2.94. The SMILES string of the molecule is CCCC(=O)N1CCCCC1C(=O)N1CCCC1CC(=O)O. The predicted molar refractivity (Wildman–Crippen MR) is 81.2 cm³/mol. The van der Waals surface area contributed by atoms with E-state index in [4.69, 9.17) is 5.11 Å². The highest BCUT2D eigenvalue weighted by Crippen LogP contribution is 2.26. The monoisotopic (exact) mass is 310 g/mol. The number of carbonyl (C=O) groups is 3. The Morgan fingerprint density at radius 2 is 1.77 bits per heavy atom. The normalized spacial score (nSPS) is 25.3. The van der Waals surface area contributed by atoms with Gasteiger partial charge in [0.1, 0.15) is 6.04 Å². The molecule has 1 N–H and O–H groups in total. The molecule has 2 atom stereocenters. The second-order valence-corrected chi connectivity index (χ2v) is 6.27. The van der Waals surface area contributed by atoms with Crippen molar-refractivity contribution in [3.8, 4) is 0 Å². The zero-order valence-electron chi connectivity index (χ0n) is 13.3. The summed E-state index contributed by atoms with van der Waals surface area (Å²) in [5, 5.41) is 8.99. The molecule has 0 aliphatic carbocycles. The van der Waals surface area contributed by atoms with E-state index in [1.807, 2.05) is 6.92 Å². The van der Waals surface area contributed by atoms with Crippen LogP contribution in [-0.4, -0.2) is 57.9 Å². The maximum Gasteiger partial charge on any atom is 0.305 e. The van der Waals surface area contributed by atoms with E-state index in [0.29, 0.717) is 25.9 Å². The molecule has 2 fully saturated rings. The molecule has 0 radical (unpaired) electrons. The van der Waals surface area contributed by atoms with Crippen LogP contribution in [0.3, 0.4) is 0 Å². The van der Waals surface area contributed by atoms with Gasteiger partial charge in [-0.15, -0.1) is 0 Å². The minimum atomic E-state index is -0.868. The van der Waals surface area contributed by atoms with Crippen molar-refractivity contribution >= 4 is 17.8 Å². The van der Waals surface area contributed by atoms with Gasteiger partial charge in [-0.05, 0) is 38.5 Å². The van der Waals surface area contributed by atoms with Crippen LogP contribution < -0.4 is 0 Å². The number of carboxylic acid groups (broad SMARTS) is 1. The molecule has 2 amide bonds. The van der Waals surface area contributed by atoms with Gasteiger partial charge in [0, 0.05) is 25.6 Å². The minimum Gasteiger partial charge on any atom is -0.481 e. The maximum absolute atomic E-state index is 12.9. The summed E-state index contributed by atoms with van der Waals surface area (Å²) in [5.41, 5.74) is 0. The number of likely N-dealkylation sites (tertiary alicyclic amines) is 2. The highest BCUT2D eigenvalue weighted by atomic mass is 16.4. The summed E-state index contributed by atoms with van der Waals surface area (Å²) < 4.78 is 0. The third-order valence-electron chi connectivity index (χ3n) is 4.64. The van der Waals surface area contributed by atoms with Crippen LogP contribution in [0.15, 0.2) is 0 Å². The Balaban J connectivity index is 2.07. The molecule has 2 unspecified atom stereocenters. The fourth-order valence-corrected chi connectivity index (χ4v) is 3.58. The first kappa shape index (κ1) is 16.8. The van der Waals surface area contributed by atoms with Crippen LogP contribution in [-0.2, 0) is 14.4 Å². The van der Waals surface area contributed by atoms with Crippen LogP contribution in [0.1, 0.15) is 58.3 Å². The molecule has 0 spiro atoms. The predicted octanol–water partition coefficient (Wildman–Crippen LogP) is 1.63. The van der Waals surface area contributed by atoms with Crippen molar-refractivity contribution in [2.75, 3.05) is 13.1 Å². The van der Waals surface area contributed by atoms with Crippen molar-refractivity contribution in [1.82, 2.24) is 9.80 Å². The number of rotatable bonds is 5. The van der Waals surface area contributed by atoms with Crippen molar-refractivity contribution in [3.05, 3.63) is 0 Å². The Hall–Kier alpha value is -1.59. The van der Waals surface area contributed by atoms with Crippen LogP contribution >= 0.6 is 0 Å². The van der Waals surface area contributed by atoms with Gasteiger partial charge in [0.2, 0.25) is 11.8 Å². The van der Waals surface area contributed by atoms with Gasteiger partial charge in [0.05, 0.1) is 6.42 Å². The largest absolute Gasteiger partial charge is 0.481 e. The van der Waals surface area contributed by atoms with Gasteiger partial charge in [-0.1, -0.05) is 6.92 Å². The van der Waals surface area contributed by atoms with E-state index in [2.05, 4.69) is 0 Å². The van der Waals surface area contributed by atoms with Crippen molar-refractivity contribution in [2.45, 2.75) is 70.4 Å². The highest BCUT2D eigenvalue weighted by Gasteiger charge is 2.38. The lowest BCUT2D eigenvalue weighted by Crippen LogP contribution is -2.54. The molecular formula is C16H26N2O4. The summed E-state index contributed by atoms with van der Waals surface area (Å²) in [4.78, 5) is 39.5. The van der Waals surface area contributed by atoms with Crippen LogP contribution in [0, 0.1) is 0 Å². The van der Waals surface area contributed by atoms with Crippen LogP contribution in [0.5, 0.6) is 0 Å². The molecule has 124 valence electrons. The van der Waals surface area contributed by atoms with Gasteiger partial charge >= 0.3 is 5.97 Å². The molecule has 0 saturated carbocycles. The number of hydrogen-bond acceptors (Lipinski definition) is 3. The van der Waals surface area contributed by atoms with E-state index in [9.17, 15) is 14.4 Å². The van der Waals surface area contributed by atoms with E-state index in [1.54, 1.807) is 9.80 Å². The zero-order chi connectivity index (χ0) is 16.1. The Bertz CT molecular complexity index is 438. The van der Waals surface area contributed by atoms with Crippen molar-refractivity contribution < 1.29 is 19.5 Å². The first-order valence-electron chi connectivity index (χ1n) is 8.36. The summed E-state index contributed by atoms with van der Waals surface area (Å²) in [6.07, 6.45) is 5.43. The van der Waals surface area contributed by atoms with Crippen LogP contribution in [0.25, 0.3) is 0 Å². The molecular weight excluding hydrogens is 284 g/mol. The zero-order valence-corrected chi connectivity index (χ0v) is 13.3. The molecule has 2 aliphatic rings. The van der Waals surface area contributed by atoms with E-state index >= 15 is 0 Å². The third-order valence-corrected chi connectivity index (χ3v) is 4.64. The maximum atomic E-state index is 12.9. The van der Waals surface area contributed by atoms with E-state index in [0.717, 1.165) is 32.1 Å². The summed E-state index contributed by atoms with van der Waals surface area (Å²) >= 11 is 0. The summed E-state index contributed by atoms with van der Waals surface area (Å²) in [7, 11) is 0. The topological polar surface area (TPSA) is 77.9 Å². The van der Waals surface area contributed by atoms with Gasteiger partial charge in [-0.25, -0.2) is 0 Å². The standard InChI is InChI=1S/C16H26N2O4/c1-2-6-14(19)18-9-4-3-8-13(18)16(22)17-10-5-7-12(17)11-15(20)21/h12-13H,2-11H2,1H3,(H,20,21). The molecule has 0 aromatic rings. The number of aliphatic carboxylic acids is 1. The van der Waals surface area contributed by atoms with Gasteiger partial charge in [-0.2, -0.15) is 0 Å². The number of carbonyl (C=O) groups excluding carboxylic acids is 2. The molecule has 6 nitrogen and oxygen atoms in total. The van der Waals surface area contributed by atoms with Crippen molar-refractivity contribution in [3.63, 3.8) is 0 Å². The molecule has 2 rings (SSSR count). The van der Waals surface area contributed by atoms with E-state index in [1.165, 1.54) is 0 Å². The molecule has 2 aliphatic heterocycles. The van der Waals surface area contributed by atoms with Crippen LogP contribution in [0.4, 0.5) is 0 Å². The second-order valence-electron chi connectivity index (χ2n) is 6.27. The molecule has 0 aromatic heterocycles. The smallest absolute Gasteiger partial charge is 0.305 e. The Labute approximate surface area is 131 Å². The number of hydrogen-bond donors (Lipinski definition) is 1. The second kappa shape index (κ2) is 7.61. The lowest BCUT2D eigenvalue weighted by atomic mass is 9.99. The summed E-state index contributed by atoms with van der Waals surface area (Å²) in [6, 6.07) is -0.600. The third kappa shape index (κ3) is 3.78. The lowest BCUT2D eigenvalue weighted by molar-refractivity contribution is -0.149.